The minimum absolute atomic E-state index is 0.0302. The van der Waals surface area contributed by atoms with Crippen LogP contribution in [0.3, 0.4) is 0 Å². The Kier molecular flexibility index (Phi) is 9.72. The average Bonchev–Trinajstić information content (AvgIpc) is 2.92. The molecule has 0 fully saturated rings. The first-order valence-electron chi connectivity index (χ1n) is 11.1. The van der Waals surface area contributed by atoms with Crippen LogP contribution in [-0.4, -0.2) is 37.9 Å². The van der Waals surface area contributed by atoms with E-state index in [1.807, 2.05) is 0 Å². The molecular weight excluding hydrogens is 603 g/mol. The van der Waals surface area contributed by atoms with Crippen LogP contribution in [0.1, 0.15) is 21.5 Å². The fourth-order valence-electron chi connectivity index (χ4n) is 3.25. The van der Waals surface area contributed by atoms with E-state index in [0.29, 0.717) is 29.2 Å². The molecule has 210 valence electrons. The molecule has 3 rings (SSSR count). The smallest absolute Gasteiger partial charge is 0.416 e. The minimum Gasteiger partial charge on any atom is -0.493 e. The number of rotatable bonds is 11. The maximum absolute atomic E-state index is 13.0. The predicted molar refractivity (Wildman–Crippen MR) is 143 cm³/mol. The predicted octanol–water partition coefficient (Wildman–Crippen LogP) is 6.51. The summed E-state index contributed by atoms with van der Waals surface area (Å²) in [4.78, 5) is 23.0. The summed E-state index contributed by atoms with van der Waals surface area (Å²) >= 11 is 3.27. The molecule has 40 heavy (non-hydrogen) atoms. The molecule has 10 nitrogen and oxygen atoms in total. The maximum atomic E-state index is 13.0. The van der Waals surface area contributed by atoms with Gasteiger partial charge in [-0.2, -0.15) is 18.3 Å². The lowest BCUT2D eigenvalue weighted by Crippen LogP contribution is -2.17. The van der Waals surface area contributed by atoms with Crippen molar-refractivity contribution >= 4 is 33.7 Å². The van der Waals surface area contributed by atoms with Gasteiger partial charge in [0.1, 0.15) is 6.61 Å². The monoisotopic (exact) mass is 623 g/mol. The topological polar surface area (TPSA) is 122 Å². The Morgan fingerprint density at radius 1 is 1.07 bits per heavy atom. The van der Waals surface area contributed by atoms with Gasteiger partial charge in [0.2, 0.25) is 5.75 Å². The SMILES string of the molecule is C=CCOc1ccc(C(=O)N/N=C/c2cc(Br)c(Oc3ccc(C(F)(F)F)cc3[N+](=O)[O-])c(OC)c2)cc1OC. The second-order valence-corrected chi connectivity index (χ2v) is 8.59. The quantitative estimate of drug-likeness (QED) is 0.112. The molecule has 0 atom stereocenters. The number of nitro groups is 1. The van der Waals surface area contributed by atoms with Gasteiger partial charge >= 0.3 is 11.9 Å². The van der Waals surface area contributed by atoms with Crippen molar-refractivity contribution in [3.8, 4) is 28.7 Å². The van der Waals surface area contributed by atoms with Crippen LogP contribution in [0.4, 0.5) is 18.9 Å². The van der Waals surface area contributed by atoms with Crippen LogP contribution in [0.5, 0.6) is 28.7 Å². The Labute approximate surface area is 234 Å². The minimum atomic E-state index is -4.77. The van der Waals surface area contributed by atoms with Gasteiger partial charge in [0.25, 0.3) is 5.91 Å². The average molecular weight is 624 g/mol. The second kappa shape index (κ2) is 13.0. The third-order valence-corrected chi connectivity index (χ3v) is 5.70. The molecule has 0 heterocycles. The van der Waals surface area contributed by atoms with E-state index in [0.717, 1.165) is 6.07 Å². The van der Waals surface area contributed by atoms with Crippen LogP contribution < -0.4 is 24.4 Å². The first-order valence-corrected chi connectivity index (χ1v) is 11.9. The van der Waals surface area contributed by atoms with Crippen LogP contribution in [-0.2, 0) is 6.18 Å². The second-order valence-electron chi connectivity index (χ2n) is 7.74. The highest BCUT2D eigenvalue weighted by Gasteiger charge is 2.33. The van der Waals surface area contributed by atoms with E-state index in [4.69, 9.17) is 18.9 Å². The van der Waals surface area contributed by atoms with Gasteiger partial charge < -0.3 is 18.9 Å². The van der Waals surface area contributed by atoms with Crippen molar-refractivity contribution < 1.29 is 41.8 Å². The first kappa shape index (κ1) is 30.0. The third kappa shape index (κ3) is 7.28. The molecule has 3 aromatic carbocycles. The van der Waals surface area contributed by atoms with Crippen molar-refractivity contribution in [1.29, 1.82) is 0 Å². The van der Waals surface area contributed by atoms with Gasteiger partial charge in [-0.05, 0) is 64.0 Å². The number of hydrogen-bond acceptors (Lipinski definition) is 8. The highest BCUT2D eigenvalue weighted by Crippen LogP contribution is 2.43. The summed E-state index contributed by atoms with van der Waals surface area (Å²) in [5, 5.41) is 15.3. The van der Waals surface area contributed by atoms with Crippen molar-refractivity contribution in [1.82, 2.24) is 5.43 Å². The van der Waals surface area contributed by atoms with Crippen LogP contribution >= 0.6 is 15.9 Å². The number of ether oxygens (including phenoxy) is 4. The molecule has 1 amide bonds. The van der Waals surface area contributed by atoms with Crippen molar-refractivity contribution in [2.45, 2.75) is 6.18 Å². The number of nitrogens with zero attached hydrogens (tertiary/aromatic N) is 2. The Morgan fingerprint density at radius 3 is 2.40 bits per heavy atom. The van der Waals surface area contributed by atoms with Gasteiger partial charge in [-0.3, -0.25) is 14.9 Å². The van der Waals surface area contributed by atoms with Crippen molar-refractivity contribution in [3.63, 3.8) is 0 Å². The molecule has 0 bridgehead atoms. The molecule has 0 aliphatic rings. The number of halogens is 4. The molecule has 3 aromatic rings. The van der Waals surface area contributed by atoms with Crippen LogP contribution in [0.15, 0.2) is 70.8 Å². The van der Waals surface area contributed by atoms with Crippen molar-refractivity contribution in [3.05, 3.63) is 92.5 Å². The van der Waals surface area contributed by atoms with Gasteiger partial charge in [-0.15, -0.1) is 0 Å². The van der Waals surface area contributed by atoms with Gasteiger partial charge in [0.05, 0.1) is 35.4 Å². The normalized spacial score (nSPS) is 11.2. The first-order chi connectivity index (χ1) is 19.0. The third-order valence-electron chi connectivity index (χ3n) is 5.11. The van der Waals surface area contributed by atoms with Gasteiger partial charge in [0, 0.05) is 11.6 Å². The van der Waals surface area contributed by atoms with Crippen molar-refractivity contribution in [2.24, 2.45) is 5.10 Å². The van der Waals surface area contributed by atoms with Gasteiger partial charge in [-0.1, -0.05) is 12.7 Å². The van der Waals surface area contributed by atoms with E-state index in [1.54, 1.807) is 12.1 Å². The number of methoxy groups -OCH3 is 2. The summed E-state index contributed by atoms with van der Waals surface area (Å²) in [6, 6.07) is 9.43. The van der Waals surface area contributed by atoms with Gasteiger partial charge in [-0.25, -0.2) is 5.43 Å². The summed E-state index contributed by atoms with van der Waals surface area (Å²) in [5.74, 6) is -0.139. The van der Waals surface area contributed by atoms with Crippen LogP contribution in [0, 0.1) is 10.1 Å². The Morgan fingerprint density at radius 2 is 1.77 bits per heavy atom. The number of amides is 1. The number of nitro benzene ring substituents is 1. The largest absolute Gasteiger partial charge is 0.493 e. The lowest BCUT2D eigenvalue weighted by Gasteiger charge is -2.14. The standard InChI is InChI=1S/C26H21BrF3N3O7/c1-4-9-39-21-7-5-16(12-22(21)37-2)25(34)32-31-14-15-10-18(27)24(23(11-15)38-3)40-20-8-6-17(26(28,29)30)13-19(20)33(35)36/h4-8,10-14H,1,9H2,2-3H3,(H,32,34)/b31-14+. The number of hydrogen-bond donors (Lipinski definition) is 1. The zero-order valence-corrected chi connectivity index (χ0v) is 22.5. The molecular formula is C26H21BrF3N3O7. The lowest BCUT2D eigenvalue weighted by atomic mass is 10.1. The zero-order valence-electron chi connectivity index (χ0n) is 21.0. The number of carbonyl (C=O) groups excluding carboxylic acids is 1. The molecule has 0 radical (unpaired) electrons. The summed E-state index contributed by atoms with van der Waals surface area (Å²) < 4.78 is 60.9. The highest BCUT2D eigenvalue weighted by atomic mass is 79.9. The number of carbonyl (C=O) groups is 1. The highest BCUT2D eigenvalue weighted by molar-refractivity contribution is 9.10. The fraction of sp³-hybridized carbons (Fsp3) is 0.154. The number of benzene rings is 3. The maximum Gasteiger partial charge on any atom is 0.416 e. The molecule has 1 N–H and O–H groups in total. The molecule has 0 saturated heterocycles. The van der Waals surface area contributed by atoms with E-state index >= 15 is 0 Å². The Hall–Kier alpha value is -4.59. The fourth-order valence-corrected chi connectivity index (χ4v) is 3.79. The lowest BCUT2D eigenvalue weighted by molar-refractivity contribution is -0.385. The molecule has 0 unspecified atom stereocenters. The summed E-state index contributed by atoms with van der Waals surface area (Å²) in [6.45, 7) is 3.83. The summed E-state index contributed by atoms with van der Waals surface area (Å²) in [7, 11) is 2.73. The van der Waals surface area contributed by atoms with E-state index < -0.39 is 34.0 Å². The van der Waals surface area contributed by atoms with Crippen molar-refractivity contribution in [2.75, 3.05) is 20.8 Å². The zero-order chi connectivity index (χ0) is 29.4. The van der Waals surface area contributed by atoms with E-state index in [1.165, 1.54) is 44.7 Å². The molecule has 0 aliphatic heterocycles. The summed E-state index contributed by atoms with van der Waals surface area (Å²) in [6.07, 6.45) is -1.90. The van der Waals surface area contributed by atoms with E-state index in [-0.39, 0.29) is 28.1 Å². The number of hydrazone groups is 1. The van der Waals surface area contributed by atoms with Crippen LogP contribution in [0.2, 0.25) is 0 Å². The number of alkyl halides is 3. The van der Waals surface area contributed by atoms with Gasteiger partial charge in [0.15, 0.2) is 23.0 Å². The Bertz CT molecular complexity index is 1460. The van der Waals surface area contributed by atoms with E-state index in [2.05, 4.69) is 33.0 Å². The molecule has 0 aliphatic carbocycles. The number of nitrogens with one attached hydrogen (secondary N) is 1. The summed E-state index contributed by atoms with van der Waals surface area (Å²) in [5.41, 5.74) is 0.971. The van der Waals surface area contributed by atoms with Crippen LogP contribution in [0.25, 0.3) is 0 Å². The molecule has 0 aromatic heterocycles. The Balaban J connectivity index is 1.80. The molecule has 0 spiro atoms. The molecule has 14 heteroatoms. The van der Waals surface area contributed by atoms with E-state index in [9.17, 15) is 28.1 Å². The molecule has 0 saturated carbocycles.